The van der Waals surface area contributed by atoms with Crippen LogP contribution in [0.25, 0.3) is 5.65 Å². The molecule has 1 fully saturated rings. The zero-order chi connectivity index (χ0) is 16.6. The summed E-state index contributed by atoms with van der Waals surface area (Å²) in [6.45, 7) is 2.57. The lowest BCUT2D eigenvalue weighted by molar-refractivity contribution is -0.143. The molecule has 6 nitrogen and oxygen atoms in total. The van der Waals surface area contributed by atoms with E-state index in [0.29, 0.717) is 42.8 Å². The van der Waals surface area contributed by atoms with Gasteiger partial charge in [-0.1, -0.05) is 6.92 Å². The number of amides is 1. The van der Waals surface area contributed by atoms with Crippen molar-refractivity contribution in [1.29, 1.82) is 0 Å². The number of aryl methyl sites for hydroxylation is 1. The van der Waals surface area contributed by atoms with Gasteiger partial charge in [-0.3, -0.25) is 14.0 Å². The highest BCUT2D eigenvalue weighted by Crippen LogP contribution is 2.22. The van der Waals surface area contributed by atoms with Crippen molar-refractivity contribution in [2.45, 2.75) is 26.2 Å². The Balaban J connectivity index is 2.00. The van der Waals surface area contributed by atoms with Gasteiger partial charge in [-0.15, -0.1) is 0 Å². The molecule has 1 unspecified atom stereocenters. The van der Waals surface area contributed by atoms with E-state index in [9.17, 15) is 19.1 Å². The van der Waals surface area contributed by atoms with Gasteiger partial charge in [0, 0.05) is 19.3 Å². The summed E-state index contributed by atoms with van der Waals surface area (Å²) < 4.78 is 15.0. The number of hydrogen-bond donors (Lipinski definition) is 1. The topological polar surface area (TPSA) is 74.9 Å². The fourth-order valence-corrected chi connectivity index (χ4v) is 3.05. The number of imidazole rings is 1. The lowest BCUT2D eigenvalue weighted by atomic mass is 9.98. The second-order valence-electron chi connectivity index (χ2n) is 5.76. The molecule has 0 bridgehead atoms. The van der Waals surface area contributed by atoms with Crippen LogP contribution in [0.3, 0.4) is 0 Å². The van der Waals surface area contributed by atoms with Crippen LogP contribution >= 0.6 is 0 Å². The first-order valence-corrected chi connectivity index (χ1v) is 7.69. The summed E-state index contributed by atoms with van der Waals surface area (Å²) in [5.41, 5.74) is 1.43. The van der Waals surface area contributed by atoms with Crippen LogP contribution in [0, 0.1) is 11.7 Å². The summed E-state index contributed by atoms with van der Waals surface area (Å²) in [5, 5.41) is 9.17. The minimum absolute atomic E-state index is 0.180. The van der Waals surface area contributed by atoms with Gasteiger partial charge in [0.1, 0.15) is 17.2 Å². The molecular formula is C16H18FN3O3. The highest BCUT2D eigenvalue weighted by molar-refractivity contribution is 5.95. The number of aliphatic carboxylic acids is 1. The molecule has 0 aromatic carbocycles. The maximum absolute atomic E-state index is 13.6. The summed E-state index contributed by atoms with van der Waals surface area (Å²) in [7, 11) is 0. The predicted molar refractivity (Wildman–Crippen MR) is 80.8 cm³/mol. The number of rotatable bonds is 3. The van der Waals surface area contributed by atoms with Gasteiger partial charge in [0.05, 0.1) is 11.6 Å². The molecule has 1 aliphatic rings. The Bertz CT molecular complexity index is 771. The average molecular weight is 319 g/mol. The van der Waals surface area contributed by atoms with E-state index < -0.39 is 17.7 Å². The lowest BCUT2D eigenvalue weighted by Gasteiger charge is -2.30. The van der Waals surface area contributed by atoms with Crippen LogP contribution in [0.2, 0.25) is 0 Å². The monoisotopic (exact) mass is 319 g/mol. The highest BCUT2D eigenvalue weighted by atomic mass is 19.1. The molecule has 0 aliphatic carbocycles. The van der Waals surface area contributed by atoms with Gasteiger partial charge in [0.2, 0.25) is 0 Å². The average Bonchev–Trinajstić information content (AvgIpc) is 2.91. The second kappa shape index (κ2) is 5.98. The van der Waals surface area contributed by atoms with Gasteiger partial charge in [0.25, 0.3) is 5.91 Å². The van der Waals surface area contributed by atoms with Gasteiger partial charge in [-0.05, 0) is 31.4 Å². The van der Waals surface area contributed by atoms with E-state index in [1.54, 1.807) is 0 Å². The molecule has 122 valence electrons. The molecule has 2 aromatic heterocycles. The molecule has 2 aromatic rings. The Morgan fingerprint density at radius 2 is 2.22 bits per heavy atom. The zero-order valence-electron chi connectivity index (χ0n) is 12.8. The number of aromatic nitrogens is 2. The first-order valence-electron chi connectivity index (χ1n) is 7.69. The van der Waals surface area contributed by atoms with E-state index in [1.165, 1.54) is 27.6 Å². The van der Waals surface area contributed by atoms with E-state index >= 15 is 0 Å². The molecule has 1 aliphatic heterocycles. The summed E-state index contributed by atoms with van der Waals surface area (Å²) >= 11 is 0. The van der Waals surface area contributed by atoms with Gasteiger partial charge in [0.15, 0.2) is 0 Å². The van der Waals surface area contributed by atoms with Crippen molar-refractivity contribution in [3.05, 3.63) is 35.5 Å². The zero-order valence-corrected chi connectivity index (χ0v) is 12.8. The number of nitrogens with zero attached hydrogens (tertiary/aromatic N) is 3. The van der Waals surface area contributed by atoms with Crippen molar-refractivity contribution in [3.63, 3.8) is 0 Å². The summed E-state index contributed by atoms with van der Waals surface area (Å²) in [4.78, 5) is 30.0. The third-order valence-electron chi connectivity index (χ3n) is 4.25. The number of piperidine rings is 1. The molecule has 1 amide bonds. The van der Waals surface area contributed by atoms with Gasteiger partial charge < -0.3 is 10.0 Å². The smallest absolute Gasteiger partial charge is 0.308 e. The van der Waals surface area contributed by atoms with Crippen molar-refractivity contribution >= 4 is 17.5 Å². The molecule has 0 saturated carbocycles. The molecule has 1 N–H and O–H groups in total. The van der Waals surface area contributed by atoms with Crippen molar-refractivity contribution in [1.82, 2.24) is 14.3 Å². The summed E-state index contributed by atoms with van der Waals surface area (Å²) in [5.74, 6) is -2.17. The highest BCUT2D eigenvalue weighted by Gasteiger charge is 2.31. The van der Waals surface area contributed by atoms with Crippen molar-refractivity contribution in [2.24, 2.45) is 5.92 Å². The Morgan fingerprint density at radius 1 is 1.43 bits per heavy atom. The number of halogens is 1. The molecule has 0 radical (unpaired) electrons. The molecule has 3 rings (SSSR count). The summed E-state index contributed by atoms with van der Waals surface area (Å²) in [6, 6.07) is 2.83. The quantitative estimate of drug-likeness (QED) is 0.938. The predicted octanol–water partition coefficient (Wildman–Crippen LogP) is 1.97. The number of hydrogen-bond acceptors (Lipinski definition) is 3. The van der Waals surface area contributed by atoms with Crippen LogP contribution in [0.1, 0.15) is 35.9 Å². The SMILES string of the molecule is CCc1nc2ccc(F)cn2c1C(=O)N1CCCC(C(=O)O)C1. The van der Waals surface area contributed by atoms with Crippen LogP contribution in [0.15, 0.2) is 18.3 Å². The largest absolute Gasteiger partial charge is 0.481 e. The first kappa shape index (κ1) is 15.5. The van der Waals surface area contributed by atoms with E-state index in [1.807, 2.05) is 6.92 Å². The van der Waals surface area contributed by atoms with E-state index in [4.69, 9.17) is 0 Å². The number of carbonyl (C=O) groups excluding carboxylic acids is 1. The fraction of sp³-hybridized carbons (Fsp3) is 0.438. The molecule has 0 spiro atoms. The molecule has 1 saturated heterocycles. The minimum atomic E-state index is -0.887. The normalized spacial score (nSPS) is 18.3. The molecule has 23 heavy (non-hydrogen) atoms. The van der Waals surface area contributed by atoms with Gasteiger partial charge in [-0.25, -0.2) is 9.37 Å². The van der Waals surface area contributed by atoms with Crippen molar-refractivity contribution in [2.75, 3.05) is 13.1 Å². The van der Waals surface area contributed by atoms with E-state index in [0.717, 1.165) is 0 Å². The van der Waals surface area contributed by atoms with Gasteiger partial charge >= 0.3 is 5.97 Å². The second-order valence-corrected chi connectivity index (χ2v) is 5.76. The van der Waals surface area contributed by atoms with Crippen LogP contribution in [-0.2, 0) is 11.2 Å². The molecule has 1 atom stereocenters. The maximum atomic E-state index is 13.6. The van der Waals surface area contributed by atoms with Crippen molar-refractivity contribution in [3.8, 4) is 0 Å². The third-order valence-corrected chi connectivity index (χ3v) is 4.25. The van der Waals surface area contributed by atoms with Crippen LogP contribution < -0.4 is 0 Å². The number of carboxylic acids is 1. The van der Waals surface area contributed by atoms with E-state index in [-0.39, 0.29) is 12.5 Å². The Labute approximate surface area is 132 Å². The minimum Gasteiger partial charge on any atom is -0.481 e. The molecule has 3 heterocycles. The number of likely N-dealkylation sites (tertiary alicyclic amines) is 1. The Morgan fingerprint density at radius 3 is 2.91 bits per heavy atom. The van der Waals surface area contributed by atoms with Crippen LogP contribution in [-0.4, -0.2) is 44.4 Å². The number of carbonyl (C=O) groups is 2. The van der Waals surface area contributed by atoms with E-state index in [2.05, 4.69) is 4.98 Å². The third kappa shape index (κ3) is 2.78. The number of pyridine rings is 1. The maximum Gasteiger partial charge on any atom is 0.308 e. The van der Waals surface area contributed by atoms with Crippen molar-refractivity contribution < 1.29 is 19.1 Å². The lowest BCUT2D eigenvalue weighted by Crippen LogP contribution is -2.43. The number of carboxylic acid groups (broad SMARTS) is 1. The fourth-order valence-electron chi connectivity index (χ4n) is 3.05. The van der Waals surface area contributed by atoms with Crippen LogP contribution in [0.5, 0.6) is 0 Å². The van der Waals surface area contributed by atoms with Gasteiger partial charge in [-0.2, -0.15) is 0 Å². The first-order chi connectivity index (χ1) is 11.0. The molecule has 7 heteroatoms. The molecular weight excluding hydrogens is 301 g/mol. The summed E-state index contributed by atoms with van der Waals surface area (Å²) in [6.07, 6.45) is 3.00. The Kier molecular flexibility index (Phi) is 4.02. The number of fused-ring (bicyclic) bond motifs is 1. The van der Waals surface area contributed by atoms with Crippen LogP contribution in [0.4, 0.5) is 4.39 Å². The standard InChI is InChI=1S/C16H18FN3O3/c1-2-12-14(20-9-11(17)5-6-13(20)18-12)15(21)19-7-3-4-10(8-19)16(22)23/h5-6,9-10H,2-4,7-8H2,1H3,(H,22,23). The Hall–Kier alpha value is -2.44.